The van der Waals surface area contributed by atoms with Gasteiger partial charge >= 0.3 is 0 Å². The molecule has 1 fully saturated rings. The summed E-state index contributed by atoms with van der Waals surface area (Å²) in [6.07, 6.45) is 2.34. The second-order valence-corrected chi connectivity index (χ2v) is 8.36. The van der Waals surface area contributed by atoms with E-state index in [-0.39, 0.29) is 4.90 Å². The Balaban J connectivity index is 1.70. The number of benzene rings is 2. The van der Waals surface area contributed by atoms with E-state index in [1.54, 1.807) is 51.5 Å². The van der Waals surface area contributed by atoms with Gasteiger partial charge in [-0.15, -0.1) is 0 Å². The van der Waals surface area contributed by atoms with Crippen LogP contribution < -0.4 is 14.4 Å². The minimum atomic E-state index is -3.65. The van der Waals surface area contributed by atoms with Crippen molar-refractivity contribution < 1.29 is 17.9 Å². The monoisotopic (exact) mass is 390 g/mol. The SMILES string of the molecule is COc1ccc(S(=O)(=O)Nc2ccc(N3CCC(OC)CC3)cc2)c(C)c1. The van der Waals surface area contributed by atoms with Gasteiger partial charge < -0.3 is 14.4 Å². The van der Waals surface area contributed by atoms with Crippen LogP contribution in [0.1, 0.15) is 18.4 Å². The smallest absolute Gasteiger partial charge is 0.262 e. The molecule has 27 heavy (non-hydrogen) atoms. The van der Waals surface area contributed by atoms with Crippen molar-refractivity contribution in [3.8, 4) is 5.75 Å². The quantitative estimate of drug-likeness (QED) is 0.819. The lowest BCUT2D eigenvalue weighted by Crippen LogP contribution is -2.36. The van der Waals surface area contributed by atoms with Crippen molar-refractivity contribution >= 4 is 21.4 Å². The number of aryl methyl sites for hydroxylation is 1. The zero-order chi connectivity index (χ0) is 19.4. The van der Waals surface area contributed by atoms with E-state index >= 15 is 0 Å². The number of anilines is 2. The van der Waals surface area contributed by atoms with Gasteiger partial charge in [-0.05, 0) is 67.8 Å². The molecular weight excluding hydrogens is 364 g/mol. The van der Waals surface area contributed by atoms with Gasteiger partial charge in [0, 0.05) is 31.6 Å². The summed E-state index contributed by atoms with van der Waals surface area (Å²) in [6.45, 7) is 3.63. The van der Waals surface area contributed by atoms with Crippen molar-refractivity contribution in [1.29, 1.82) is 0 Å². The number of hydrogen-bond acceptors (Lipinski definition) is 5. The number of methoxy groups -OCH3 is 2. The molecule has 6 nitrogen and oxygen atoms in total. The maximum absolute atomic E-state index is 12.7. The first-order valence-corrected chi connectivity index (χ1v) is 10.5. The molecule has 0 amide bonds. The van der Waals surface area contributed by atoms with E-state index in [4.69, 9.17) is 9.47 Å². The van der Waals surface area contributed by atoms with Crippen LogP contribution in [-0.4, -0.2) is 41.8 Å². The Bertz CT molecular complexity index is 873. The molecule has 1 N–H and O–H groups in total. The third kappa shape index (κ3) is 4.54. The van der Waals surface area contributed by atoms with Crippen molar-refractivity contribution in [2.45, 2.75) is 30.8 Å². The third-order valence-electron chi connectivity index (χ3n) is 4.93. The molecule has 0 aliphatic carbocycles. The highest BCUT2D eigenvalue weighted by Crippen LogP contribution is 2.26. The minimum absolute atomic E-state index is 0.244. The fraction of sp³-hybridized carbons (Fsp3) is 0.400. The summed E-state index contributed by atoms with van der Waals surface area (Å²) in [6, 6.07) is 12.4. The van der Waals surface area contributed by atoms with Crippen LogP contribution in [0.5, 0.6) is 5.75 Å². The zero-order valence-corrected chi connectivity index (χ0v) is 16.8. The van der Waals surface area contributed by atoms with Crippen LogP contribution in [0.15, 0.2) is 47.4 Å². The van der Waals surface area contributed by atoms with Gasteiger partial charge in [0.2, 0.25) is 0 Å². The number of hydrogen-bond donors (Lipinski definition) is 1. The molecule has 0 unspecified atom stereocenters. The number of rotatable bonds is 6. The molecule has 7 heteroatoms. The van der Waals surface area contributed by atoms with Crippen molar-refractivity contribution in [1.82, 2.24) is 0 Å². The average molecular weight is 391 g/mol. The first-order valence-electron chi connectivity index (χ1n) is 8.98. The standard InChI is InChI=1S/C20H26N2O4S/c1-15-14-19(26-3)8-9-20(15)27(23,24)21-16-4-6-17(7-5-16)22-12-10-18(25-2)11-13-22/h4-9,14,18,21H,10-13H2,1-3H3. The second kappa shape index (κ2) is 8.19. The maximum atomic E-state index is 12.7. The van der Waals surface area contributed by atoms with E-state index in [0.29, 0.717) is 23.1 Å². The minimum Gasteiger partial charge on any atom is -0.497 e. The van der Waals surface area contributed by atoms with Gasteiger partial charge in [0.15, 0.2) is 0 Å². The van der Waals surface area contributed by atoms with Crippen molar-refractivity contribution in [3.63, 3.8) is 0 Å². The molecule has 0 aromatic heterocycles. The lowest BCUT2D eigenvalue weighted by Gasteiger charge is -2.33. The highest BCUT2D eigenvalue weighted by molar-refractivity contribution is 7.92. The molecule has 0 atom stereocenters. The van der Waals surface area contributed by atoms with Crippen molar-refractivity contribution in [2.24, 2.45) is 0 Å². The molecule has 1 heterocycles. The van der Waals surface area contributed by atoms with Crippen LogP contribution in [0, 0.1) is 6.92 Å². The predicted molar refractivity (Wildman–Crippen MR) is 107 cm³/mol. The summed E-state index contributed by atoms with van der Waals surface area (Å²) >= 11 is 0. The topological polar surface area (TPSA) is 67.9 Å². The molecule has 0 radical (unpaired) electrons. The number of nitrogens with zero attached hydrogens (tertiary/aromatic N) is 1. The van der Waals surface area contributed by atoms with Gasteiger partial charge in [-0.3, -0.25) is 4.72 Å². The zero-order valence-electron chi connectivity index (χ0n) is 15.9. The summed E-state index contributed by atoms with van der Waals surface area (Å²) < 4.78 is 38.6. The Morgan fingerprint density at radius 2 is 1.70 bits per heavy atom. The Morgan fingerprint density at radius 1 is 1.04 bits per heavy atom. The number of piperidine rings is 1. The first-order chi connectivity index (χ1) is 12.9. The van der Waals surface area contributed by atoms with Crippen LogP contribution in [0.25, 0.3) is 0 Å². The van der Waals surface area contributed by atoms with Crippen molar-refractivity contribution in [2.75, 3.05) is 36.9 Å². The van der Waals surface area contributed by atoms with E-state index in [1.807, 2.05) is 12.1 Å². The summed E-state index contributed by atoms with van der Waals surface area (Å²) in [5, 5.41) is 0. The highest BCUT2D eigenvalue weighted by atomic mass is 32.2. The Hall–Kier alpha value is -2.25. The molecule has 2 aromatic rings. The average Bonchev–Trinajstić information content (AvgIpc) is 2.68. The van der Waals surface area contributed by atoms with E-state index in [1.165, 1.54) is 0 Å². The summed E-state index contributed by atoms with van der Waals surface area (Å²) in [5.41, 5.74) is 2.27. The molecule has 3 rings (SSSR count). The van der Waals surface area contributed by atoms with Gasteiger partial charge in [0.05, 0.1) is 18.1 Å². The fourth-order valence-corrected chi connectivity index (χ4v) is 4.64. The van der Waals surface area contributed by atoms with Gasteiger partial charge in [-0.1, -0.05) is 0 Å². The van der Waals surface area contributed by atoms with Crippen LogP contribution >= 0.6 is 0 Å². The van der Waals surface area contributed by atoms with Crippen LogP contribution in [0.4, 0.5) is 11.4 Å². The molecule has 0 spiro atoms. The van der Waals surface area contributed by atoms with Crippen LogP contribution in [0.2, 0.25) is 0 Å². The Labute approximate surface area is 161 Å². The first kappa shape index (κ1) is 19.5. The molecular formula is C20H26N2O4S. The van der Waals surface area contributed by atoms with E-state index in [9.17, 15) is 8.42 Å². The Morgan fingerprint density at radius 3 is 2.26 bits per heavy atom. The van der Waals surface area contributed by atoms with Gasteiger partial charge in [0.1, 0.15) is 5.75 Å². The van der Waals surface area contributed by atoms with Crippen LogP contribution in [-0.2, 0) is 14.8 Å². The number of nitrogens with one attached hydrogen (secondary N) is 1. The molecule has 1 aliphatic rings. The fourth-order valence-electron chi connectivity index (χ4n) is 3.35. The largest absolute Gasteiger partial charge is 0.497 e. The van der Waals surface area contributed by atoms with Gasteiger partial charge in [-0.2, -0.15) is 0 Å². The predicted octanol–water partition coefficient (Wildman–Crippen LogP) is 3.42. The van der Waals surface area contributed by atoms with Crippen molar-refractivity contribution in [3.05, 3.63) is 48.0 Å². The number of ether oxygens (including phenoxy) is 2. The van der Waals surface area contributed by atoms with Crippen LogP contribution in [0.3, 0.4) is 0 Å². The lowest BCUT2D eigenvalue weighted by atomic mass is 10.1. The highest BCUT2D eigenvalue weighted by Gasteiger charge is 2.20. The van der Waals surface area contributed by atoms with Gasteiger partial charge in [-0.25, -0.2) is 8.42 Å². The summed E-state index contributed by atoms with van der Waals surface area (Å²) in [4.78, 5) is 2.54. The molecule has 146 valence electrons. The molecule has 1 aliphatic heterocycles. The molecule has 0 bridgehead atoms. The van der Waals surface area contributed by atoms with Gasteiger partial charge in [0.25, 0.3) is 10.0 Å². The lowest BCUT2D eigenvalue weighted by molar-refractivity contribution is 0.0819. The van der Waals surface area contributed by atoms with E-state index in [0.717, 1.165) is 31.6 Å². The molecule has 0 saturated carbocycles. The maximum Gasteiger partial charge on any atom is 0.262 e. The molecule has 1 saturated heterocycles. The second-order valence-electron chi connectivity index (χ2n) is 6.71. The van der Waals surface area contributed by atoms with E-state index in [2.05, 4.69) is 9.62 Å². The Kier molecular flexibility index (Phi) is 5.92. The molecule has 2 aromatic carbocycles. The summed E-state index contributed by atoms with van der Waals surface area (Å²) in [5.74, 6) is 0.632. The van der Waals surface area contributed by atoms with E-state index < -0.39 is 10.0 Å². The summed E-state index contributed by atoms with van der Waals surface area (Å²) in [7, 11) is -0.341. The third-order valence-corrected chi connectivity index (χ3v) is 6.47. The number of sulfonamides is 1. The normalized spacial score (nSPS) is 15.6.